The second-order valence-corrected chi connectivity index (χ2v) is 5.07. The molecule has 4 nitrogen and oxygen atoms in total. The van der Waals surface area contributed by atoms with Crippen molar-refractivity contribution in [2.24, 2.45) is 0 Å². The van der Waals surface area contributed by atoms with Crippen LogP contribution in [0.3, 0.4) is 0 Å². The third-order valence-corrected chi connectivity index (χ3v) is 3.17. The Hall–Kier alpha value is -3.09. The van der Waals surface area contributed by atoms with E-state index in [9.17, 15) is 13.2 Å². The fourth-order valence-electron chi connectivity index (χ4n) is 2.10. The highest BCUT2D eigenvalue weighted by Gasteiger charge is 2.10. The Kier molecular flexibility index (Phi) is 4.33. The van der Waals surface area contributed by atoms with Crippen LogP contribution in [-0.2, 0) is 0 Å². The van der Waals surface area contributed by atoms with Crippen LogP contribution in [0.5, 0.6) is 0 Å². The topological polar surface area (TPSA) is 49.8 Å². The number of hydrogen-bond acceptors (Lipinski definition) is 4. The van der Waals surface area contributed by atoms with Crippen molar-refractivity contribution >= 4 is 23.1 Å². The molecular formula is C17H13F3N4. The van der Waals surface area contributed by atoms with E-state index < -0.39 is 11.6 Å². The van der Waals surface area contributed by atoms with E-state index in [4.69, 9.17) is 0 Å². The van der Waals surface area contributed by atoms with Crippen molar-refractivity contribution in [2.45, 2.75) is 6.92 Å². The van der Waals surface area contributed by atoms with Gasteiger partial charge in [-0.15, -0.1) is 0 Å². The third kappa shape index (κ3) is 3.62. The van der Waals surface area contributed by atoms with E-state index >= 15 is 0 Å². The highest BCUT2D eigenvalue weighted by molar-refractivity contribution is 5.61. The summed E-state index contributed by atoms with van der Waals surface area (Å²) in [5.74, 6) is -1.35. The highest BCUT2D eigenvalue weighted by atomic mass is 19.1. The number of benzene rings is 2. The summed E-state index contributed by atoms with van der Waals surface area (Å²) in [5, 5.41) is 5.53. The summed E-state index contributed by atoms with van der Waals surface area (Å²) < 4.78 is 40.4. The van der Waals surface area contributed by atoms with Crippen molar-refractivity contribution in [3.05, 3.63) is 71.7 Å². The van der Waals surface area contributed by atoms with Crippen molar-refractivity contribution in [3.63, 3.8) is 0 Å². The zero-order valence-electron chi connectivity index (χ0n) is 12.6. The maximum Gasteiger partial charge on any atom is 0.229 e. The monoisotopic (exact) mass is 330 g/mol. The molecular weight excluding hydrogens is 317 g/mol. The average Bonchev–Trinajstić information content (AvgIpc) is 2.53. The van der Waals surface area contributed by atoms with Crippen LogP contribution in [0.4, 0.5) is 36.3 Å². The molecule has 3 aromatic rings. The first kappa shape index (κ1) is 15.8. The Balaban J connectivity index is 1.87. The first-order valence-electron chi connectivity index (χ1n) is 7.10. The molecule has 0 fully saturated rings. The zero-order valence-corrected chi connectivity index (χ0v) is 12.6. The van der Waals surface area contributed by atoms with Gasteiger partial charge in [0.05, 0.1) is 0 Å². The van der Waals surface area contributed by atoms with Gasteiger partial charge in [0.2, 0.25) is 5.95 Å². The third-order valence-electron chi connectivity index (χ3n) is 3.17. The Bertz CT molecular complexity index is 846. The number of aryl methyl sites for hydroxylation is 1. The van der Waals surface area contributed by atoms with Crippen molar-refractivity contribution in [2.75, 3.05) is 10.6 Å². The Morgan fingerprint density at radius 1 is 0.833 bits per heavy atom. The van der Waals surface area contributed by atoms with Crippen molar-refractivity contribution in [1.82, 2.24) is 9.97 Å². The van der Waals surface area contributed by atoms with Gasteiger partial charge in [-0.3, -0.25) is 0 Å². The first-order valence-corrected chi connectivity index (χ1v) is 7.10. The molecule has 0 spiro atoms. The molecule has 2 aromatic carbocycles. The molecule has 0 saturated heterocycles. The minimum absolute atomic E-state index is 0.223. The lowest BCUT2D eigenvalue weighted by Crippen LogP contribution is -2.04. The summed E-state index contributed by atoms with van der Waals surface area (Å²) in [7, 11) is 0. The van der Waals surface area contributed by atoms with Gasteiger partial charge in [-0.2, -0.15) is 4.98 Å². The van der Waals surface area contributed by atoms with Crippen LogP contribution in [0, 0.1) is 24.4 Å². The summed E-state index contributed by atoms with van der Waals surface area (Å²) in [6, 6.07) is 10.8. The number of halogens is 3. The van der Waals surface area contributed by atoms with Crippen LogP contribution >= 0.6 is 0 Å². The summed E-state index contributed by atoms with van der Waals surface area (Å²) in [6.07, 6.45) is 0. The number of para-hydroxylation sites is 1. The first-order chi connectivity index (χ1) is 11.5. The van der Waals surface area contributed by atoms with E-state index in [1.165, 1.54) is 30.3 Å². The number of aromatic nitrogens is 2. The largest absolute Gasteiger partial charge is 0.335 e. The molecule has 122 valence electrons. The summed E-state index contributed by atoms with van der Waals surface area (Å²) in [5.41, 5.74) is 0.891. The number of hydrogen-bond donors (Lipinski definition) is 2. The Morgan fingerprint density at radius 3 is 2.17 bits per heavy atom. The molecule has 1 aromatic heterocycles. The summed E-state index contributed by atoms with van der Waals surface area (Å²) in [6.45, 7) is 1.72. The van der Waals surface area contributed by atoms with E-state index in [1.54, 1.807) is 13.0 Å². The van der Waals surface area contributed by atoms with Crippen LogP contribution in [-0.4, -0.2) is 9.97 Å². The van der Waals surface area contributed by atoms with E-state index in [0.717, 1.165) is 12.1 Å². The minimum atomic E-state index is -0.723. The standard InChI is InChI=1S/C17H13F3N4/c1-10-9-15(23-16-13(19)3-2-4-14(16)20)24-17(21-10)22-12-7-5-11(18)6-8-12/h2-9H,1H3,(H2,21,22,23,24). The van der Waals surface area contributed by atoms with Gasteiger partial charge in [-0.25, -0.2) is 18.2 Å². The second kappa shape index (κ2) is 6.57. The molecule has 24 heavy (non-hydrogen) atoms. The smallest absolute Gasteiger partial charge is 0.229 e. The maximum absolute atomic E-state index is 13.7. The SMILES string of the molecule is Cc1cc(Nc2c(F)cccc2F)nc(Nc2ccc(F)cc2)n1. The molecule has 7 heteroatoms. The van der Waals surface area contributed by atoms with Gasteiger partial charge < -0.3 is 10.6 Å². The van der Waals surface area contributed by atoms with Gasteiger partial charge in [0.25, 0.3) is 0 Å². The van der Waals surface area contributed by atoms with Crippen LogP contribution in [0.2, 0.25) is 0 Å². The van der Waals surface area contributed by atoms with Crippen LogP contribution in [0.25, 0.3) is 0 Å². The molecule has 0 aliphatic heterocycles. The minimum Gasteiger partial charge on any atom is -0.335 e. The van der Waals surface area contributed by atoms with Crippen LogP contribution < -0.4 is 10.6 Å². The molecule has 0 aliphatic rings. The lowest BCUT2D eigenvalue weighted by atomic mass is 10.3. The van der Waals surface area contributed by atoms with Crippen LogP contribution in [0.15, 0.2) is 48.5 Å². The second-order valence-electron chi connectivity index (χ2n) is 5.07. The Labute approximate surface area is 136 Å². The van der Waals surface area contributed by atoms with E-state index in [0.29, 0.717) is 11.4 Å². The molecule has 1 heterocycles. The van der Waals surface area contributed by atoms with Crippen molar-refractivity contribution in [3.8, 4) is 0 Å². The highest BCUT2D eigenvalue weighted by Crippen LogP contribution is 2.23. The van der Waals surface area contributed by atoms with Gasteiger partial charge in [0.15, 0.2) is 0 Å². The number of rotatable bonds is 4. The molecule has 0 atom stereocenters. The van der Waals surface area contributed by atoms with Gasteiger partial charge in [-0.05, 0) is 43.3 Å². The summed E-state index contributed by atoms with van der Waals surface area (Å²) >= 11 is 0. The fraction of sp³-hybridized carbons (Fsp3) is 0.0588. The molecule has 0 aliphatic carbocycles. The molecule has 0 unspecified atom stereocenters. The van der Waals surface area contributed by atoms with Gasteiger partial charge >= 0.3 is 0 Å². The molecule has 0 radical (unpaired) electrons. The number of anilines is 4. The molecule has 0 saturated carbocycles. The quantitative estimate of drug-likeness (QED) is 0.729. The predicted octanol–water partition coefficient (Wildman–Crippen LogP) is 4.69. The number of nitrogens with zero attached hydrogens (tertiary/aromatic N) is 2. The predicted molar refractivity (Wildman–Crippen MR) is 86.1 cm³/mol. The maximum atomic E-state index is 13.7. The van der Waals surface area contributed by atoms with Gasteiger partial charge in [0, 0.05) is 17.4 Å². The fourth-order valence-corrected chi connectivity index (χ4v) is 2.10. The van der Waals surface area contributed by atoms with Crippen molar-refractivity contribution < 1.29 is 13.2 Å². The average molecular weight is 330 g/mol. The van der Waals surface area contributed by atoms with Crippen LogP contribution in [0.1, 0.15) is 5.69 Å². The molecule has 0 amide bonds. The lowest BCUT2D eigenvalue weighted by molar-refractivity contribution is 0.590. The zero-order chi connectivity index (χ0) is 17.1. The molecule has 3 rings (SSSR count). The normalized spacial score (nSPS) is 10.5. The summed E-state index contributed by atoms with van der Waals surface area (Å²) in [4.78, 5) is 8.36. The number of nitrogens with one attached hydrogen (secondary N) is 2. The molecule has 2 N–H and O–H groups in total. The Morgan fingerprint density at radius 2 is 1.50 bits per heavy atom. The molecule has 0 bridgehead atoms. The lowest BCUT2D eigenvalue weighted by Gasteiger charge is -2.11. The van der Waals surface area contributed by atoms with Gasteiger partial charge in [-0.1, -0.05) is 6.07 Å². The van der Waals surface area contributed by atoms with Crippen molar-refractivity contribution in [1.29, 1.82) is 0 Å². The van der Waals surface area contributed by atoms with E-state index in [-0.39, 0.29) is 23.3 Å². The van der Waals surface area contributed by atoms with Gasteiger partial charge in [0.1, 0.15) is 29.0 Å². The van der Waals surface area contributed by atoms with E-state index in [2.05, 4.69) is 20.6 Å². The van der Waals surface area contributed by atoms with E-state index in [1.807, 2.05) is 0 Å².